The lowest BCUT2D eigenvalue weighted by Crippen LogP contribution is -2.54. The molecule has 0 aliphatic heterocycles. The average Bonchev–Trinajstić information content (AvgIpc) is 2.85. The number of fused-ring (bicyclic) bond motifs is 3. The molecule has 1 amide bonds. The summed E-state index contributed by atoms with van der Waals surface area (Å²) in [5.41, 5.74) is 6.35. The molecule has 176 valence electrons. The second kappa shape index (κ2) is 9.52. The van der Waals surface area contributed by atoms with E-state index in [2.05, 4.69) is 17.4 Å². The highest BCUT2D eigenvalue weighted by atomic mass is 19.1. The van der Waals surface area contributed by atoms with Gasteiger partial charge in [-0.25, -0.2) is 4.39 Å². The number of ether oxygens (including phenoxy) is 1. The predicted octanol–water partition coefficient (Wildman–Crippen LogP) is 4.28. The highest BCUT2D eigenvalue weighted by Gasteiger charge is 2.53. The van der Waals surface area contributed by atoms with Crippen molar-refractivity contribution in [1.82, 2.24) is 5.32 Å². The van der Waals surface area contributed by atoms with Gasteiger partial charge in [-0.1, -0.05) is 31.4 Å². The van der Waals surface area contributed by atoms with Gasteiger partial charge in [-0.05, 0) is 74.5 Å². The molecule has 0 atom stereocenters. The van der Waals surface area contributed by atoms with Crippen LogP contribution in [0.5, 0.6) is 5.75 Å². The summed E-state index contributed by atoms with van der Waals surface area (Å²) in [4.78, 5) is 13.1. The van der Waals surface area contributed by atoms with Crippen LogP contribution in [-0.2, 0) is 10.2 Å². The summed E-state index contributed by atoms with van der Waals surface area (Å²) in [5.74, 6) is 0.851. The maximum Gasteiger partial charge on any atom is 0.226 e. The molecule has 1 aromatic carbocycles. The topological polar surface area (TPSA) is 84.6 Å². The molecule has 6 heteroatoms. The molecule has 4 N–H and O–H groups in total. The van der Waals surface area contributed by atoms with Gasteiger partial charge >= 0.3 is 0 Å². The molecule has 0 unspecified atom stereocenters. The molecule has 2 bridgehead atoms. The third-order valence-electron chi connectivity index (χ3n) is 8.40. The van der Waals surface area contributed by atoms with E-state index in [0.29, 0.717) is 24.2 Å². The van der Waals surface area contributed by atoms with Crippen LogP contribution in [0.25, 0.3) is 0 Å². The lowest BCUT2D eigenvalue weighted by molar-refractivity contribution is -0.139. The fourth-order valence-electron chi connectivity index (χ4n) is 5.99. The Morgan fingerprint density at radius 3 is 2.22 bits per heavy atom. The Balaban J connectivity index is 1.33. The van der Waals surface area contributed by atoms with Gasteiger partial charge in [0.15, 0.2) is 0 Å². The number of hydrogen-bond acceptors (Lipinski definition) is 4. The van der Waals surface area contributed by atoms with Crippen molar-refractivity contribution in [1.29, 1.82) is 0 Å². The summed E-state index contributed by atoms with van der Waals surface area (Å²) in [6.07, 6.45) is 11.1. The van der Waals surface area contributed by atoms with Crippen molar-refractivity contribution < 1.29 is 19.0 Å². The van der Waals surface area contributed by atoms with E-state index in [1.807, 2.05) is 12.1 Å². The number of carbonyl (C=O) groups is 1. The second-order valence-electron chi connectivity index (χ2n) is 10.3. The third kappa shape index (κ3) is 4.72. The zero-order chi connectivity index (χ0) is 22.7. The summed E-state index contributed by atoms with van der Waals surface area (Å²) in [5, 5.41) is 13.9. The molecule has 4 fully saturated rings. The fourth-order valence-corrected chi connectivity index (χ4v) is 5.99. The van der Waals surface area contributed by atoms with Gasteiger partial charge in [0.2, 0.25) is 5.91 Å². The molecule has 4 saturated carbocycles. The number of benzene rings is 1. The maximum absolute atomic E-state index is 13.1. The Bertz CT molecular complexity index is 805. The highest BCUT2D eigenvalue weighted by Crippen LogP contribution is 2.58. The maximum atomic E-state index is 13.1. The molecule has 4 aliphatic rings. The van der Waals surface area contributed by atoms with Gasteiger partial charge in [0.1, 0.15) is 12.4 Å². The van der Waals surface area contributed by atoms with Crippen molar-refractivity contribution in [3.63, 3.8) is 0 Å². The number of carbonyl (C=O) groups excluding carboxylic acids is 1. The fraction of sp³-hybridized carbons (Fsp3) is 0.654. The predicted molar refractivity (Wildman–Crippen MR) is 123 cm³/mol. The number of halogens is 1. The smallest absolute Gasteiger partial charge is 0.226 e. The van der Waals surface area contributed by atoms with E-state index < -0.39 is 5.60 Å². The summed E-state index contributed by atoms with van der Waals surface area (Å²) in [6.45, 7) is 0.695. The number of nitrogens with one attached hydrogen (secondary N) is 1. The molecule has 0 spiro atoms. The van der Waals surface area contributed by atoms with Gasteiger partial charge in [-0.3, -0.25) is 4.79 Å². The Labute approximate surface area is 190 Å². The molecule has 0 heterocycles. The first kappa shape index (κ1) is 23.2. The number of rotatable bonds is 8. The minimum Gasteiger partial charge on any atom is -0.489 e. The Morgan fingerprint density at radius 2 is 1.66 bits per heavy atom. The van der Waals surface area contributed by atoms with Gasteiger partial charge in [-0.2, -0.15) is 0 Å². The van der Waals surface area contributed by atoms with Crippen LogP contribution in [0.2, 0.25) is 0 Å². The van der Waals surface area contributed by atoms with Crippen LogP contribution in [-0.4, -0.2) is 36.3 Å². The van der Waals surface area contributed by atoms with E-state index in [0.717, 1.165) is 64.2 Å². The zero-order valence-electron chi connectivity index (χ0n) is 19.0. The van der Waals surface area contributed by atoms with Crippen LogP contribution in [0.15, 0.2) is 36.2 Å². The Kier molecular flexibility index (Phi) is 6.91. The van der Waals surface area contributed by atoms with Gasteiger partial charge in [0, 0.05) is 24.1 Å². The molecule has 0 saturated heterocycles. The standard InChI is InChI=1S/C26H37FN2O3/c27-16-20(17-28)18-32-22-6-4-21(5-7-22)24-10-13-25(14-11-24,15-12-24)23(30)29-19-26(31)8-2-1-3-9-26/h4-7,16,31H,1-3,8-15,17-19,28H2,(H,29,30)/b20-16+. The van der Waals surface area contributed by atoms with Crippen LogP contribution in [0, 0.1) is 5.41 Å². The van der Waals surface area contributed by atoms with Crippen LogP contribution in [0.4, 0.5) is 4.39 Å². The molecule has 1 aromatic rings. The Morgan fingerprint density at radius 1 is 1.03 bits per heavy atom. The molecular formula is C26H37FN2O3. The number of aliphatic hydroxyl groups is 1. The third-order valence-corrected chi connectivity index (χ3v) is 8.40. The van der Waals surface area contributed by atoms with Crippen molar-refractivity contribution in [2.75, 3.05) is 19.7 Å². The van der Waals surface area contributed by atoms with Gasteiger partial charge < -0.3 is 20.9 Å². The van der Waals surface area contributed by atoms with Crippen LogP contribution >= 0.6 is 0 Å². The summed E-state index contributed by atoms with van der Waals surface area (Å²) >= 11 is 0. The normalized spacial score (nSPS) is 29.5. The van der Waals surface area contributed by atoms with E-state index in [1.54, 1.807) is 0 Å². The number of nitrogens with two attached hydrogens (primary N) is 1. The van der Waals surface area contributed by atoms with Crippen molar-refractivity contribution in [2.45, 2.75) is 81.6 Å². The van der Waals surface area contributed by atoms with Crippen LogP contribution in [0.1, 0.15) is 76.2 Å². The minimum absolute atomic E-state index is 0.128. The van der Waals surface area contributed by atoms with Crippen molar-refractivity contribution in [2.24, 2.45) is 11.1 Å². The molecule has 0 aromatic heterocycles. The first-order valence-corrected chi connectivity index (χ1v) is 12.1. The molecular weight excluding hydrogens is 407 g/mol. The van der Waals surface area contributed by atoms with Gasteiger partial charge in [0.25, 0.3) is 0 Å². The van der Waals surface area contributed by atoms with E-state index in [9.17, 15) is 14.3 Å². The zero-order valence-corrected chi connectivity index (χ0v) is 19.0. The lowest BCUT2D eigenvalue weighted by Gasteiger charge is -2.53. The molecule has 4 aliphatic carbocycles. The van der Waals surface area contributed by atoms with Crippen molar-refractivity contribution >= 4 is 5.91 Å². The molecule has 32 heavy (non-hydrogen) atoms. The first-order valence-electron chi connectivity index (χ1n) is 12.1. The van der Waals surface area contributed by atoms with Crippen LogP contribution < -0.4 is 15.8 Å². The first-order chi connectivity index (χ1) is 15.4. The van der Waals surface area contributed by atoms with E-state index in [4.69, 9.17) is 10.5 Å². The molecule has 5 rings (SSSR count). The van der Waals surface area contributed by atoms with Gasteiger partial charge in [0.05, 0.1) is 11.9 Å². The van der Waals surface area contributed by atoms with Gasteiger partial charge in [-0.15, -0.1) is 0 Å². The number of hydrogen-bond donors (Lipinski definition) is 3. The van der Waals surface area contributed by atoms with E-state index in [-0.39, 0.29) is 29.9 Å². The highest BCUT2D eigenvalue weighted by molar-refractivity contribution is 5.83. The molecule has 5 nitrogen and oxygen atoms in total. The van der Waals surface area contributed by atoms with E-state index >= 15 is 0 Å². The largest absolute Gasteiger partial charge is 0.489 e. The quantitative estimate of drug-likeness (QED) is 0.559. The average molecular weight is 445 g/mol. The molecule has 0 radical (unpaired) electrons. The lowest BCUT2D eigenvalue weighted by atomic mass is 9.51. The SMILES string of the molecule is NC/C(=C\F)COc1ccc(C23CCC(C(=O)NCC4(O)CCCCC4)(CC2)CC3)cc1. The minimum atomic E-state index is -0.716. The second-order valence-corrected chi connectivity index (χ2v) is 10.3. The van der Waals surface area contributed by atoms with Crippen LogP contribution in [0.3, 0.4) is 0 Å². The van der Waals surface area contributed by atoms with E-state index in [1.165, 1.54) is 12.0 Å². The number of amides is 1. The van der Waals surface area contributed by atoms with Crippen molar-refractivity contribution in [3.8, 4) is 5.75 Å². The summed E-state index contributed by atoms with van der Waals surface area (Å²) < 4.78 is 18.3. The monoisotopic (exact) mass is 444 g/mol. The Hall–Kier alpha value is -1.92. The summed E-state index contributed by atoms with van der Waals surface area (Å²) in [6, 6.07) is 8.14. The summed E-state index contributed by atoms with van der Waals surface area (Å²) in [7, 11) is 0. The van der Waals surface area contributed by atoms with Crippen molar-refractivity contribution in [3.05, 3.63) is 41.7 Å².